The fourth-order valence-corrected chi connectivity index (χ4v) is 3.16. The normalized spacial score (nSPS) is 32.2. The van der Waals surface area contributed by atoms with Gasteiger partial charge in [0.15, 0.2) is 0 Å². The number of para-hydroxylation sites is 1. The van der Waals surface area contributed by atoms with E-state index in [2.05, 4.69) is 4.98 Å². The number of aliphatic hydroxyl groups is 3. The van der Waals surface area contributed by atoms with Gasteiger partial charge in [0.2, 0.25) is 0 Å². The smallest absolute Gasteiger partial charge is 0.138 e. The molecule has 2 aromatic rings. The standard InChI is InChI=1S/C12H13NO4S/c14-5-7-9(15)10(16)11(17-7)12-13-6-3-1-2-4-8(6)18-12/h1-4,7,9-11,14-16H,5H2. The molecule has 3 N–H and O–H groups in total. The van der Waals surface area contributed by atoms with Crippen LogP contribution in [0.5, 0.6) is 0 Å². The maximum atomic E-state index is 9.92. The van der Waals surface area contributed by atoms with Crippen LogP contribution in [0.2, 0.25) is 0 Å². The minimum atomic E-state index is -1.08. The first-order valence-corrected chi connectivity index (χ1v) is 6.50. The highest BCUT2D eigenvalue weighted by molar-refractivity contribution is 7.18. The summed E-state index contributed by atoms with van der Waals surface area (Å²) in [5.74, 6) is 0. The van der Waals surface area contributed by atoms with Crippen LogP contribution in [-0.2, 0) is 4.74 Å². The zero-order valence-corrected chi connectivity index (χ0v) is 10.2. The Hall–Kier alpha value is -1.05. The van der Waals surface area contributed by atoms with Gasteiger partial charge in [-0.1, -0.05) is 12.1 Å². The molecule has 96 valence electrons. The highest BCUT2D eigenvalue weighted by Gasteiger charge is 2.44. The highest BCUT2D eigenvalue weighted by atomic mass is 32.1. The number of benzene rings is 1. The molecule has 6 heteroatoms. The summed E-state index contributed by atoms with van der Waals surface area (Å²) >= 11 is 1.42. The molecular weight excluding hydrogens is 254 g/mol. The summed E-state index contributed by atoms with van der Waals surface area (Å²) in [6, 6.07) is 7.64. The van der Waals surface area contributed by atoms with Crippen molar-refractivity contribution in [1.29, 1.82) is 0 Å². The van der Waals surface area contributed by atoms with Crippen LogP contribution >= 0.6 is 11.3 Å². The van der Waals surface area contributed by atoms with Crippen LogP contribution < -0.4 is 0 Å². The second-order valence-electron chi connectivity index (χ2n) is 4.28. The molecule has 0 amide bonds. The van der Waals surface area contributed by atoms with E-state index in [1.54, 1.807) is 0 Å². The SMILES string of the molecule is OCC1OC(c2nc3ccccc3s2)C(O)C1O. The molecule has 1 aromatic carbocycles. The number of ether oxygens (including phenoxy) is 1. The van der Waals surface area contributed by atoms with Crippen LogP contribution in [0.4, 0.5) is 0 Å². The van der Waals surface area contributed by atoms with Crippen molar-refractivity contribution in [2.75, 3.05) is 6.61 Å². The van der Waals surface area contributed by atoms with E-state index < -0.39 is 24.4 Å². The predicted molar refractivity (Wildman–Crippen MR) is 66.3 cm³/mol. The summed E-state index contributed by atoms with van der Waals surface area (Å²) in [5, 5.41) is 29.3. The molecule has 1 aliphatic rings. The van der Waals surface area contributed by atoms with Crippen molar-refractivity contribution >= 4 is 21.6 Å². The molecule has 1 saturated heterocycles. The van der Waals surface area contributed by atoms with Gasteiger partial charge in [-0.05, 0) is 12.1 Å². The molecule has 0 bridgehead atoms. The monoisotopic (exact) mass is 267 g/mol. The zero-order chi connectivity index (χ0) is 12.7. The average Bonchev–Trinajstić information content (AvgIpc) is 2.92. The number of nitrogens with zero attached hydrogens (tertiary/aromatic N) is 1. The molecular formula is C12H13NO4S. The Morgan fingerprint density at radius 1 is 1.22 bits per heavy atom. The van der Waals surface area contributed by atoms with Gasteiger partial charge >= 0.3 is 0 Å². The van der Waals surface area contributed by atoms with E-state index in [9.17, 15) is 10.2 Å². The van der Waals surface area contributed by atoms with Gasteiger partial charge in [-0.25, -0.2) is 4.98 Å². The van der Waals surface area contributed by atoms with Gasteiger partial charge in [0, 0.05) is 0 Å². The maximum Gasteiger partial charge on any atom is 0.138 e. The second-order valence-corrected chi connectivity index (χ2v) is 5.34. The van der Waals surface area contributed by atoms with E-state index in [1.807, 2.05) is 24.3 Å². The summed E-state index contributed by atoms with van der Waals surface area (Å²) in [7, 11) is 0. The Kier molecular flexibility index (Phi) is 3.04. The number of rotatable bonds is 2. The number of aromatic nitrogens is 1. The molecule has 1 fully saturated rings. The Morgan fingerprint density at radius 2 is 2.00 bits per heavy atom. The molecule has 1 aromatic heterocycles. The van der Waals surface area contributed by atoms with E-state index in [4.69, 9.17) is 9.84 Å². The van der Waals surface area contributed by atoms with Crippen molar-refractivity contribution in [1.82, 2.24) is 4.98 Å². The Labute approximate surface area is 107 Å². The van der Waals surface area contributed by atoms with Gasteiger partial charge in [-0.15, -0.1) is 11.3 Å². The fourth-order valence-electron chi connectivity index (χ4n) is 2.12. The van der Waals surface area contributed by atoms with E-state index in [1.165, 1.54) is 11.3 Å². The predicted octanol–water partition coefficient (Wildman–Crippen LogP) is 0.450. The third-order valence-corrected chi connectivity index (χ3v) is 4.19. The fraction of sp³-hybridized carbons (Fsp3) is 0.417. The molecule has 3 rings (SSSR count). The molecule has 0 spiro atoms. The average molecular weight is 267 g/mol. The minimum Gasteiger partial charge on any atom is -0.394 e. The molecule has 5 nitrogen and oxygen atoms in total. The number of aliphatic hydroxyl groups excluding tert-OH is 3. The summed E-state index contributed by atoms with van der Waals surface area (Å²) in [6.07, 6.45) is -3.55. The highest BCUT2D eigenvalue weighted by Crippen LogP contribution is 2.37. The maximum absolute atomic E-state index is 9.92. The van der Waals surface area contributed by atoms with Crippen molar-refractivity contribution in [3.8, 4) is 0 Å². The molecule has 2 heterocycles. The summed E-state index contributed by atoms with van der Waals surface area (Å²) in [6.45, 7) is -0.320. The van der Waals surface area contributed by atoms with Crippen molar-refractivity contribution in [2.45, 2.75) is 24.4 Å². The minimum absolute atomic E-state index is 0.320. The number of thiazole rings is 1. The molecule has 0 saturated carbocycles. The molecule has 18 heavy (non-hydrogen) atoms. The molecule has 0 radical (unpaired) electrons. The summed E-state index contributed by atoms with van der Waals surface area (Å²) in [4.78, 5) is 4.39. The van der Waals surface area contributed by atoms with Crippen LogP contribution in [0.3, 0.4) is 0 Å². The number of hydrogen-bond acceptors (Lipinski definition) is 6. The van der Waals surface area contributed by atoms with Crippen LogP contribution in [0.25, 0.3) is 10.2 Å². The lowest BCUT2D eigenvalue weighted by Crippen LogP contribution is -2.32. The topological polar surface area (TPSA) is 82.8 Å². The summed E-state index contributed by atoms with van der Waals surface area (Å²) in [5.41, 5.74) is 0.843. The third kappa shape index (κ3) is 1.82. The van der Waals surface area contributed by atoms with Crippen molar-refractivity contribution in [3.63, 3.8) is 0 Å². The second kappa shape index (κ2) is 4.56. The van der Waals surface area contributed by atoms with Gasteiger partial charge in [0.05, 0.1) is 16.8 Å². The van der Waals surface area contributed by atoms with Crippen molar-refractivity contribution in [2.24, 2.45) is 0 Å². The van der Waals surface area contributed by atoms with Gasteiger partial charge in [-0.2, -0.15) is 0 Å². The van der Waals surface area contributed by atoms with E-state index in [0.29, 0.717) is 5.01 Å². The van der Waals surface area contributed by atoms with Gasteiger partial charge < -0.3 is 20.1 Å². The Bertz CT molecular complexity index is 525. The van der Waals surface area contributed by atoms with Crippen LogP contribution in [0, 0.1) is 0 Å². The molecule has 0 aliphatic carbocycles. The van der Waals surface area contributed by atoms with Crippen molar-refractivity contribution < 1.29 is 20.1 Å². The van der Waals surface area contributed by atoms with Crippen LogP contribution in [0.1, 0.15) is 11.1 Å². The van der Waals surface area contributed by atoms with E-state index >= 15 is 0 Å². The van der Waals surface area contributed by atoms with Crippen LogP contribution in [0.15, 0.2) is 24.3 Å². The Morgan fingerprint density at radius 3 is 2.67 bits per heavy atom. The molecule has 1 aliphatic heterocycles. The van der Waals surface area contributed by atoms with Gasteiger partial charge in [-0.3, -0.25) is 0 Å². The van der Waals surface area contributed by atoms with Gasteiger partial charge in [0.25, 0.3) is 0 Å². The first-order chi connectivity index (χ1) is 8.70. The van der Waals surface area contributed by atoms with Crippen LogP contribution in [-0.4, -0.2) is 45.2 Å². The zero-order valence-electron chi connectivity index (χ0n) is 9.43. The summed E-state index contributed by atoms with van der Waals surface area (Å²) < 4.78 is 6.45. The number of fused-ring (bicyclic) bond motifs is 1. The lowest BCUT2D eigenvalue weighted by atomic mass is 10.1. The largest absolute Gasteiger partial charge is 0.394 e. The lowest BCUT2D eigenvalue weighted by Gasteiger charge is -2.11. The molecule has 4 atom stereocenters. The third-order valence-electron chi connectivity index (χ3n) is 3.10. The lowest BCUT2D eigenvalue weighted by molar-refractivity contribution is -0.0227. The number of hydrogen-bond donors (Lipinski definition) is 3. The van der Waals surface area contributed by atoms with Crippen molar-refractivity contribution in [3.05, 3.63) is 29.3 Å². The quantitative estimate of drug-likeness (QED) is 0.736. The first-order valence-electron chi connectivity index (χ1n) is 5.68. The Balaban J connectivity index is 1.95. The first kappa shape index (κ1) is 12.0. The van der Waals surface area contributed by atoms with Gasteiger partial charge in [0.1, 0.15) is 29.4 Å². The molecule has 4 unspecified atom stereocenters. The van der Waals surface area contributed by atoms with E-state index in [-0.39, 0.29) is 6.61 Å². The van der Waals surface area contributed by atoms with E-state index in [0.717, 1.165) is 10.2 Å².